The molecule has 0 nitrogen and oxygen atoms in total. The lowest BCUT2D eigenvalue weighted by atomic mass is 10.0. The molecular weight excluding hydrogens is 168 g/mol. The monoisotopic (exact) mass is 194 g/mol. The number of benzene rings is 1. The first-order valence-corrected chi connectivity index (χ1v) is 5.65. The summed E-state index contributed by atoms with van der Waals surface area (Å²) in [5.41, 5.74) is 5.57. The molecule has 82 valence electrons. The maximum Gasteiger partial charge on any atom is -0.0395 e. The molecular formula is C14H26. The molecule has 0 saturated carbocycles. The van der Waals surface area contributed by atoms with Crippen molar-refractivity contribution in [2.45, 2.75) is 55.4 Å². The minimum atomic E-state index is 1.39. The molecule has 0 aliphatic rings. The van der Waals surface area contributed by atoms with Crippen LogP contribution >= 0.6 is 0 Å². The molecule has 0 N–H and O–H groups in total. The van der Waals surface area contributed by atoms with Crippen LogP contribution in [0, 0.1) is 27.7 Å². The molecule has 0 aromatic heterocycles. The molecule has 14 heavy (non-hydrogen) atoms. The minimum Gasteiger partial charge on any atom is -0.0683 e. The van der Waals surface area contributed by atoms with Crippen LogP contribution in [0.25, 0.3) is 0 Å². The zero-order valence-corrected chi connectivity index (χ0v) is 11.2. The smallest absolute Gasteiger partial charge is 0.0395 e. The van der Waals surface area contributed by atoms with E-state index in [1.165, 1.54) is 22.3 Å². The predicted molar refractivity (Wildman–Crippen MR) is 68.1 cm³/mol. The van der Waals surface area contributed by atoms with Gasteiger partial charge >= 0.3 is 0 Å². The number of hydrogen-bond donors (Lipinski definition) is 0. The van der Waals surface area contributed by atoms with E-state index in [1.54, 1.807) is 0 Å². The van der Waals surface area contributed by atoms with Crippen molar-refractivity contribution in [2.24, 2.45) is 0 Å². The highest BCUT2D eigenvalue weighted by Crippen LogP contribution is 2.13. The summed E-state index contributed by atoms with van der Waals surface area (Å²) in [5, 5.41) is 0. The van der Waals surface area contributed by atoms with Crippen LogP contribution in [0.2, 0.25) is 0 Å². The van der Waals surface area contributed by atoms with E-state index in [2.05, 4.69) is 39.8 Å². The van der Waals surface area contributed by atoms with Gasteiger partial charge in [0.2, 0.25) is 0 Å². The second-order valence-electron chi connectivity index (χ2n) is 3.02. The van der Waals surface area contributed by atoms with Gasteiger partial charge in [-0.05, 0) is 49.9 Å². The summed E-state index contributed by atoms with van der Waals surface area (Å²) in [7, 11) is 0. The molecule has 0 amide bonds. The van der Waals surface area contributed by atoms with E-state index >= 15 is 0 Å². The van der Waals surface area contributed by atoms with Gasteiger partial charge in [0, 0.05) is 0 Å². The maximum atomic E-state index is 2.24. The summed E-state index contributed by atoms with van der Waals surface area (Å²) in [6.45, 7) is 16.6. The Morgan fingerprint density at radius 1 is 0.500 bits per heavy atom. The first kappa shape index (κ1) is 15.7. The zero-order chi connectivity index (χ0) is 11.7. The average Bonchev–Trinajstić information content (AvgIpc) is 2.21. The molecule has 0 radical (unpaired) electrons. The van der Waals surface area contributed by atoms with Gasteiger partial charge in [0.1, 0.15) is 0 Å². The molecule has 0 spiro atoms. The van der Waals surface area contributed by atoms with Gasteiger partial charge in [-0.15, -0.1) is 0 Å². The van der Waals surface area contributed by atoms with Crippen LogP contribution in [0.15, 0.2) is 12.1 Å². The largest absolute Gasteiger partial charge is 0.0683 e. The third-order valence-electron chi connectivity index (χ3n) is 2.11. The molecule has 0 aliphatic heterocycles. The van der Waals surface area contributed by atoms with Crippen LogP contribution < -0.4 is 0 Å². The van der Waals surface area contributed by atoms with E-state index in [9.17, 15) is 0 Å². The Bertz CT molecular complexity index is 196. The van der Waals surface area contributed by atoms with Gasteiger partial charge in [0.05, 0.1) is 0 Å². The van der Waals surface area contributed by atoms with Gasteiger partial charge in [-0.1, -0.05) is 39.8 Å². The molecule has 1 aromatic rings. The van der Waals surface area contributed by atoms with Crippen LogP contribution in [0.4, 0.5) is 0 Å². The molecule has 0 heteroatoms. The number of aryl methyl sites for hydroxylation is 4. The lowest BCUT2D eigenvalue weighted by Crippen LogP contribution is -1.86. The fourth-order valence-corrected chi connectivity index (χ4v) is 1.10. The second kappa shape index (κ2) is 8.80. The molecule has 1 aromatic carbocycles. The van der Waals surface area contributed by atoms with E-state index in [-0.39, 0.29) is 0 Å². The van der Waals surface area contributed by atoms with Crippen molar-refractivity contribution in [3.05, 3.63) is 34.4 Å². The second-order valence-corrected chi connectivity index (χ2v) is 3.02. The van der Waals surface area contributed by atoms with Gasteiger partial charge in [-0.3, -0.25) is 0 Å². The average molecular weight is 194 g/mol. The van der Waals surface area contributed by atoms with E-state index in [4.69, 9.17) is 0 Å². The summed E-state index contributed by atoms with van der Waals surface area (Å²) in [5.74, 6) is 0. The third kappa shape index (κ3) is 5.06. The number of hydrogen-bond acceptors (Lipinski definition) is 0. The van der Waals surface area contributed by atoms with Crippen molar-refractivity contribution >= 4 is 0 Å². The Morgan fingerprint density at radius 3 is 0.786 bits per heavy atom. The highest BCUT2D eigenvalue weighted by atomic mass is 14.0. The SMILES string of the molecule is CC.CC.Cc1cc(C)c(C)cc1C. The Kier molecular flexibility index (Phi) is 9.86. The summed E-state index contributed by atoms with van der Waals surface area (Å²) >= 11 is 0. The molecule has 0 aliphatic carbocycles. The Balaban J connectivity index is 0. The molecule has 0 bridgehead atoms. The summed E-state index contributed by atoms with van der Waals surface area (Å²) in [4.78, 5) is 0. The fraction of sp³-hybridized carbons (Fsp3) is 0.571. The Labute approximate surface area is 90.4 Å². The molecule has 1 rings (SSSR count). The van der Waals surface area contributed by atoms with Crippen LogP contribution in [-0.4, -0.2) is 0 Å². The van der Waals surface area contributed by atoms with Crippen molar-refractivity contribution in [2.75, 3.05) is 0 Å². The zero-order valence-electron chi connectivity index (χ0n) is 11.2. The summed E-state index contributed by atoms with van der Waals surface area (Å²) in [6.07, 6.45) is 0. The third-order valence-corrected chi connectivity index (χ3v) is 2.11. The molecule has 0 unspecified atom stereocenters. The normalized spacial score (nSPS) is 8.00. The fourth-order valence-electron chi connectivity index (χ4n) is 1.10. The van der Waals surface area contributed by atoms with Crippen molar-refractivity contribution < 1.29 is 0 Å². The van der Waals surface area contributed by atoms with Gasteiger partial charge < -0.3 is 0 Å². The van der Waals surface area contributed by atoms with Crippen molar-refractivity contribution in [3.8, 4) is 0 Å². The van der Waals surface area contributed by atoms with Gasteiger partial charge in [-0.2, -0.15) is 0 Å². The van der Waals surface area contributed by atoms with Crippen LogP contribution in [0.1, 0.15) is 49.9 Å². The van der Waals surface area contributed by atoms with Gasteiger partial charge in [-0.25, -0.2) is 0 Å². The minimum absolute atomic E-state index is 1.39. The standard InChI is InChI=1S/C10H14.2C2H6/c1-7-5-9(3)10(4)6-8(7)2;2*1-2/h5-6H,1-4H3;2*1-2H3. The van der Waals surface area contributed by atoms with E-state index < -0.39 is 0 Å². The number of rotatable bonds is 0. The summed E-state index contributed by atoms with van der Waals surface area (Å²) in [6, 6.07) is 4.48. The first-order chi connectivity index (χ1) is 6.61. The van der Waals surface area contributed by atoms with E-state index in [1.807, 2.05) is 27.7 Å². The van der Waals surface area contributed by atoms with Crippen LogP contribution in [0.5, 0.6) is 0 Å². The lowest BCUT2D eigenvalue weighted by molar-refractivity contribution is 1.24. The predicted octanol–water partition coefficient (Wildman–Crippen LogP) is 4.97. The van der Waals surface area contributed by atoms with Gasteiger partial charge in [0.15, 0.2) is 0 Å². The topological polar surface area (TPSA) is 0 Å². The van der Waals surface area contributed by atoms with Crippen LogP contribution in [-0.2, 0) is 0 Å². The highest BCUT2D eigenvalue weighted by molar-refractivity contribution is 5.35. The quantitative estimate of drug-likeness (QED) is 0.547. The summed E-state index contributed by atoms with van der Waals surface area (Å²) < 4.78 is 0. The van der Waals surface area contributed by atoms with Crippen molar-refractivity contribution in [3.63, 3.8) is 0 Å². The van der Waals surface area contributed by atoms with Gasteiger partial charge in [0.25, 0.3) is 0 Å². The molecule has 0 saturated heterocycles. The van der Waals surface area contributed by atoms with E-state index in [0.29, 0.717) is 0 Å². The molecule has 0 atom stereocenters. The van der Waals surface area contributed by atoms with E-state index in [0.717, 1.165) is 0 Å². The lowest BCUT2D eigenvalue weighted by Gasteiger charge is -2.04. The highest BCUT2D eigenvalue weighted by Gasteiger charge is 1.95. The van der Waals surface area contributed by atoms with Crippen molar-refractivity contribution in [1.82, 2.24) is 0 Å². The first-order valence-electron chi connectivity index (χ1n) is 5.65. The molecule has 0 heterocycles. The van der Waals surface area contributed by atoms with Crippen molar-refractivity contribution in [1.29, 1.82) is 0 Å². The Morgan fingerprint density at radius 2 is 0.643 bits per heavy atom. The molecule has 0 fully saturated rings. The Hall–Kier alpha value is -0.780. The maximum absolute atomic E-state index is 2.24. The van der Waals surface area contributed by atoms with Crippen LogP contribution in [0.3, 0.4) is 0 Å².